The van der Waals surface area contributed by atoms with E-state index in [9.17, 15) is 15.2 Å². The van der Waals surface area contributed by atoms with Crippen LogP contribution in [-0.4, -0.2) is 27.2 Å². The second-order valence-electron chi connectivity index (χ2n) is 5.52. The molecule has 6 nitrogen and oxygen atoms in total. The third-order valence-corrected chi connectivity index (χ3v) is 4.02. The van der Waals surface area contributed by atoms with Gasteiger partial charge in [0.1, 0.15) is 5.15 Å². The fourth-order valence-electron chi connectivity index (χ4n) is 2.88. The lowest BCUT2D eigenvalue weighted by Crippen LogP contribution is -2.46. The molecule has 0 bridgehead atoms. The summed E-state index contributed by atoms with van der Waals surface area (Å²) in [6, 6.07) is 2.72. The van der Waals surface area contributed by atoms with Crippen molar-refractivity contribution >= 4 is 23.1 Å². The number of nitrogens with zero attached hydrogens (tertiary/aromatic N) is 2. The van der Waals surface area contributed by atoms with Gasteiger partial charge < -0.3 is 10.4 Å². The van der Waals surface area contributed by atoms with Gasteiger partial charge in [0, 0.05) is 6.07 Å². The van der Waals surface area contributed by atoms with Crippen molar-refractivity contribution in [3.05, 3.63) is 27.4 Å². The highest BCUT2D eigenvalue weighted by molar-refractivity contribution is 6.29. The van der Waals surface area contributed by atoms with Gasteiger partial charge in [-0.05, 0) is 24.8 Å². The first-order valence-electron chi connectivity index (χ1n) is 6.66. The average molecular weight is 300 g/mol. The van der Waals surface area contributed by atoms with Crippen LogP contribution in [0.1, 0.15) is 32.6 Å². The van der Waals surface area contributed by atoms with Crippen LogP contribution in [0.2, 0.25) is 5.15 Å². The number of pyridine rings is 1. The van der Waals surface area contributed by atoms with E-state index in [4.69, 9.17) is 11.6 Å². The van der Waals surface area contributed by atoms with Crippen molar-refractivity contribution in [3.63, 3.8) is 0 Å². The predicted molar refractivity (Wildman–Crippen MR) is 77.0 cm³/mol. The normalized spacial score (nSPS) is 26.2. The first-order valence-corrected chi connectivity index (χ1v) is 7.03. The molecule has 1 aromatic rings. The van der Waals surface area contributed by atoms with Crippen LogP contribution in [-0.2, 0) is 0 Å². The summed E-state index contributed by atoms with van der Waals surface area (Å²) in [5.41, 5.74) is -0.680. The number of aromatic nitrogens is 1. The molecular weight excluding hydrogens is 282 g/mol. The molecule has 110 valence electrons. The van der Waals surface area contributed by atoms with Gasteiger partial charge in [0.05, 0.1) is 17.1 Å². The van der Waals surface area contributed by atoms with Gasteiger partial charge in [0.15, 0.2) is 0 Å². The van der Waals surface area contributed by atoms with E-state index in [2.05, 4.69) is 17.2 Å². The molecule has 1 aliphatic rings. The number of anilines is 1. The quantitative estimate of drug-likeness (QED) is 0.507. The summed E-state index contributed by atoms with van der Waals surface area (Å²) in [5, 5.41) is 24.0. The third kappa shape index (κ3) is 3.19. The molecule has 0 spiro atoms. The Hall–Kier alpha value is -1.40. The first kappa shape index (κ1) is 15.0. The lowest BCUT2D eigenvalue weighted by atomic mass is 9.77. The predicted octanol–water partition coefficient (Wildman–Crippen LogP) is 3.00. The van der Waals surface area contributed by atoms with Crippen molar-refractivity contribution in [2.75, 3.05) is 11.9 Å². The average Bonchev–Trinajstić information content (AvgIpc) is 2.38. The second kappa shape index (κ2) is 5.93. The number of hydrogen-bond acceptors (Lipinski definition) is 5. The molecule has 1 aliphatic carbocycles. The Kier molecular flexibility index (Phi) is 4.45. The summed E-state index contributed by atoms with van der Waals surface area (Å²) >= 11 is 5.82. The summed E-state index contributed by atoms with van der Waals surface area (Å²) in [6.45, 7) is 2.04. The van der Waals surface area contributed by atoms with E-state index in [-0.39, 0.29) is 23.3 Å². The van der Waals surface area contributed by atoms with Gasteiger partial charge in [0.25, 0.3) is 0 Å². The number of aliphatic hydroxyl groups is 1. The zero-order chi connectivity index (χ0) is 14.8. The molecule has 0 radical (unpaired) electrons. The number of aliphatic hydroxyl groups excluding tert-OH is 1. The van der Waals surface area contributed by atoms with Crippen molar-refractivity contribution in [1.82, 2.24) is 4.98 Å². The standard InChI is InChI=1S/C13H18ClN3O3/c1-9-3-2-6-13(7-9,8-18)16-12-10(17(19)20)4-5-11(14)15-12/h4-5,9,18H,2-3,6-8H2,1H3,(H,15,16). The number of nitro groups is 1. The van der Waals surface area contributed by atoms with Crippen molar-refractivity contribution in [2.45, 2.75) is 38.1 Å². The van der Waals surface area contributed by atoms with Gasteiger partial charge in [-0.25, -0.2) is 4.98 Å². The maximum atomic E-state index is 11.1. The van der Waals surface area contributed by atoms with E-state index in [0.29, 0.717) is 5.92 Å². The molecule has 1 heterocycles. The Morgan fingerprint density at radius 2 is 2.40 bits per heavy atom. The molecule has 0 aromatic carbocycles. The SMILES string of the molecule is CC1CCCC(CO)(Nc2nc(Cl)ccc2[N+](=O)[O-])C1. The fourth-order valence-corrected chi connectivity index (χ4v) is 3.02. The lowest BCUT2D eigenvalue weighted by molar-refractivity contribution is -0.384. The van der Waals surface area contributed by atoms with Crippen LogP contribution in [0.25, 0.3) is 0 Å². The Labute approximate surface area is 122 Å². The van der Waals surface area contributed by atoms with Gasteiger partial charge in [0.2, 0.25) is 5.82 Å². The monoisotopic (exact) mass is 299 g/mol. The number of hydrogen-bond donors (Lipinski definition) is 2. The maximum Gasteiger partial charge on any atom is 0.311 e. The molecule has 2 unspecified atom stereocenters. The number of nitrogens with one attached hydrogen (secondary N) is 1. The second-order valence-corrected chi connectivity index (χ2v) is 5.91. The molecule has 2 atom stereocenters. The highest BCUT2D eigenvalue weighted by Crippen LogP contribution is 2.36. The molecule has 0 amide bonds. The summed E-state index contributed by atoms with van der Waals surface area (Å²) in [7, 11) is 0. The van der Waals surface area contributed by atoms with Crippen molar-refractivity contribution in [1.29, 1.82) is 0 Å². The third-order valence-electron chi connectivity index (χ3n) is 3.81. The zero-order valence-corrected chi connectivity index (χ0v) is 12.1. The first-order chi connectivity index (χ1) is 9.46. The van der Waals surface area contributed by atoms with E-state index in [1.165, 1.54) is 12.1 Å². The van der Waals surface area contributed by atoms with Crippen LogP contribution in [0, 0.1) is 16.0 Å². The molecule has 1 fully saturated rings. The van der Waals surface area contributed by atoms with E-state index in [1.807, 2.05) is 0 Å². The molecule has 20 heavy (non-hydrogen) atoms. The number of rotatable bonds is 4. The zero-order valence-electron chi connectivity index (χ0n) is 11.3. The Morgan fingerprint density at radius 1 is 1.65 bits per heavy atom. The summed E-state index contributed by atoms with van der Waals surface area (Å²) in [5.74, 6) is 0.590. The molecule has 1 saturated carbocycles. The van der Waals surface area contributed by atoms with Crippen molar-refractivity contribution in [3.8, 4) is 0 Å². The van der Waals surface area contributed by atoms with Gasteiger partial charge in [-0.15, -0.1) is 0 Å². The van der Waals surface area contributed by atoms with Gasteiger partial charge in [-0.1, -0.05) is 31.4 Å². The molecule has 2 N–H and O–H groups in total. The minimum absolute atomic E-state index is 0.0807. The summed E-state index contributed by atoms with van der Waals surface area (Å²) < 4.78 is 0. The molecular formula is C13H18ClN3O3. The maximum absolute atomic E-state index is 11.1. The molecule has 0 saturated heterocycles. The van der Waals surface area contributed by atoms with Gasteiger partial charge in [-0.3, -0.25) is 10.1 Å². The van der Waals surface area contributed by atoms with Crippen LogP contribution in [0.15, 0.2) is 12.1 Å². The topological polar surface area (TPSA) is 88.3 Å². The van der Waals surface area contributed by atoms with E-state index < -0.39 is 10.5 Å². The fraction of sp³-hybridized carbons (Fsp3) is 0.615. The van der Waals surface area contributed by atoms with Crippen molar-refractivity contribution < 1.29 is 10.0 Å². The van der Waals surface area contributed by atoms with Gasteiger partial charge in [-0.2, -0.15) is 0 Å². The molecule has 7 heteroatoms. The smallest absolute Gasteiger partial charge is 0.311 e. The van der Waals surface area contributed by atoms with Gasteiger partial charge >= 0.3 is 5.69 Å². The van der Waals surface area contributed by atoms with Crippen LogP contribution in [0.3, 0.4) is 0 Å². The summed E-state index contributed by atoms with van der Waals surface area (Å²) in [6.07, 6.45) is 3.60. The van der Waals surface area contributed by atoms with E-state index in [0.717, 1.165) is 25.7 Å². The number of halogens is 1. The van der Waals surface area contributed by atoms with Crippen LogP contribution >= 0.6 is 11.6 Å². The largest absolute Gasteiger partial charge is 0.394 e. The Morgan fingerprint density at radius 3 is 3.00 bits per heavy atom. The van der Waals surface area contributed by atoms with Crippen molar-refractivity contribution in [2.24, 2.45) is 5.92 Å². The summed E-state index contributed by atoms with van der Waals surface area (Å²) in [4.78, 5) is 14.6. The van der Waals surface area contributed by atoms with E-state index >= 15 is 0 Å². The van der Waals surface area contributed by atoms with E-state index in [1.54, 1.807) is 0 Å². The van der Waals surface area contributed by atoms with Crippen LogP contribution in [0.4, 0.5) is 11.5 Å². The highest BCUT2D eigenvalue weighted by atomic mass is 35.5. The minimum atomic E-state index is -0.555. The Bertz CT molecular complexity index is 512. The minimum Gasteiger partial charge on any atom is -0.394 e. The molecule has 2 rings (SSSR count). The van der Waals surface area contributed by atoms with Crippen LogP contribution in [0.5, 0.6) is 0 Å². The lowest BCUT2D eigenvalue weighted by Gasteiger charge is -2.39. The Balaban J connectivity index is 2.31. The molecule has 0 aliphatic heterocycles. The highest BCUT2D eigenvalue weighted by Gasteiger charge is 2.36. The van der Waals surface area contributed by atoms with Crippen LogP contribution < -0.4 is 5.32 Å². The molecule has 1 aromatic heterocycles.